The largest absolute Gasteiger partial charge is 0.354 e. The number of piperidine rings is 1. The average Bonchev–Trinajstić information content (AvgIpc) is 3.54. The van der Waals surface area contributed by atoms with Crippen LogP contribution in [0.3, 0.4) is 0 Å². The predicted molar refractivity (Wildman–Crippen MR) is 107 cm³/mol. The lowest BCUT2D eigenvalue weighted by Crippen LogP contribution is -2.47. The minimum Gasteiger partial charge on any atom is -0.354 e. The Hall–Kier alpha value is -3.29. The zero-order valence-electron chi connectivity index (χ0n) is 16.2. The standard InChI is InChI=1S/C21H22N6O2/c1-12-19-15(21(29)24-14-7-8-18(28)23-11-14)10-16(13-5-6-13)25-20(19)27(26-12)17-4-2-3-9-22-17/h2-4,9-10,13-14H,5-8,11H2,1H3,(H,23,28)(H,24,29). The van der Waals surface area contributed by atoms with E-state index in [2.05, 4.69) is 20.7 Å². The first-order valence-corrected chi connectivity index (χ1v) is 9.99. The highest BCUT2D eigenvalue weighted by Gasteiger charge is 2.30. The van der Waals surface area contributed by atoms with Crippen molar-refractivity contribution < 1.29 is 9.59 Å². The van der Waals surface area contributed by atoms with E-state index in [1.54, 1.807) is 10.9 Å². The second-order valence-corrected chi connectivity index (χ2v) is 7.77. The molecule has 0 radical (unpaired) electrons. The summed E-state index contributed by atoms with van der Waals surface area (Å²) in [5, 5.41) is 11.3. The molecule has 148 valence electrons. The van der Waals surface area contributed by atoms with Gasteiger partial charge >= 0.3 is 0 Å². The van der Waals surface area contributed by atoms with E-state index >= 15 is 0 Å². The maximum Gasteiger partial charge on any atom is 0.252 e. The van der Waals surface area contributed by atoms with E-state index in [-0.39, 0.29) is 17.9 Å². The van der Waals surface area contributed by atoms with Crippen LogP contribution in [0, 0.1) is 6.92 Å². The predicted octanol–water partition coefficient (Wildman–Crippen LogP) is 2.01. The van der Waals surface area contributed by atoms with Gasteiger partial charge in [-0.1, -0.05) is 6.07 Å². The van der Waals surface area contributed by atoms with Gasteiger partial charge in [-0.15, -0.1) is 0 Å². The van der Waals surface area contributed by atoms with E-state index in [9.17, 15) is 9.59 Å². The summed E-state index contributed by atoms with van der Waals surface area (Å²) in [5.74, 6) is 0.953. The Kier molecular flexibility index (Phi) is 4.26. The molecule has 1 aliphatic heterocycles. The number of pyridine rings is 2. The van der Waals surface area contributed by atoms with E-state index in [0.717, 1.165) is 29.6 Å². The van der Waals surface area contributed by atoms with Crippen LogP contribution in [0.4, 0.5) is 0 Å². The van der Waals surface area contributed by atoms with Crippen molar-refractivity contribution in [3.05, 3.63) is 47.4 Å². The molecule has 1 aliphatic carbocycles. The van der Waals surface area contributed by atoms with E-state index in [1.165, 1.54) is 0 Å². The quantitative estimate of drug-likeness (QED) is 0.710. The Bertz CT molecular complexity index is 1090. The first-order chi connectivity index (χ1) is 14.1. The van der Waals surface area contributed by atoms with Crippen LogP contribution in [0.1, 0.15) is 53.3 Å². The lowest BCUT2D eigenvalue weighted by molar-refractivity contribution is -0.122. The summed E-state index contributed by atoms with van der Waals surface area (Å²) in [5.41, 5.74) is 2.92. The lowest BCUT2D eigenvalue weighted by atomic mass is 10.0. The summed E-state index contributed by atoms with van der Waals surface area (Å²) >= 11 is 0. The number of fused-ring (bicyclic) bond motifs is 1. The first-order valence-electron chi connectivity index (χ1n) is 9.99. The van der Waals surface area contributed by atoms with Crippen LogP contribution in [-0.2, 0) is 4.79 Å². The Morgan fingerprint density at radius 3 is 2.83 bits per heavy atom. The van der Waals surface area contributed by atoms with Crippen molar-refractivity contribution in [3.63, 3.8) is 0 Å². The van der Waals surface area contributed by atoms with Gasteiger partial charge in [-0.2, -0.15) is 9.78 Å². The van der Waals surface area contributed by atoms with Crippen molar-refractivity contribution in [3.8, 4) is 5.82 Å². The van der Waals surface area contributed by atoms with Crippen molar-refractivity contribution in [1.29, 1.82) is 0 Å². The van der Waals surface area contributed by atoms with Crippen LogP contribution in [0.2, 0.25) is 0 Å². The third kappa shape index (κ3) is 3.35. The van der Waals surface area contributed by atoms with Gasteiger partial charge in [0, 0.05) is 36.8 Å². The van der Waals surface area contributed by atoms with Crippen LogP contribution in [0.5, 0.6) is 0 Å². The fourth-order valence-corrected chi connectivity index (χ4v) is 3.83. The number of aromatic nitrogens is 4. The first kappa shape index (κ1) is 17.8. The summed E-state index contributed by atoms with van der Waals surface area (Å²) in [6, 6.07) is 7.48. The Labute approximate surface area is 167 Å². The molecule has 0 spiro atoms. The molecule has 4 heterocycles. The number of nitrogens with zero attached hydrogens (tertiary/aromatic N) is 4. The molecule has 8 nitrogen and oxygen atoms in total. The van der Waals surface area contributed by atoms with Crippen LogP contribution >= 0.6 is 0 Å². The van der Waals surface area contributed by atoms with E-state index in [0.29, 0.717) is 42.3 Å². The molecule has 2 amide bonds. The maximum atomic E-state index is 13.2. The van der Waals surface area contributed by atoms with E-state index < -0.39 is 0 Å². The number of nitrogens with one attached hydrogen (secondary N) is 2. The number of carbonyl (C=O) groups excluding carboxylic acids is 2. The molecule has 2 aliphatic rings. The van der Waals surface area contributed by atoms with E-state index in [4.69, 9.17) is 4.98 Å². The molecular weight excluding hydrogens is 368 g/mol. The topological polar surface area (TPSA) is 102 Å². The zero-order valence-corrected chi connectivity index (χ0v) is 16.2. The molecule has 1 saturated carbocycles. The highest BCUT2D eigenvalue weighted by Crippen LogP contribution is 2.40. The normalized spacial score (nSPS) is 19.2. The maximum absolute atomic E-state index is 13.2. The highest BCUT2D eigenvalue weighted by molar-refractivity contribution is 6.07. The van der Waals surface area contributed by atoms with Crippen LogP contribution in [-0.4, -0.2) is 44.1 Å². The Morgan fingerprint density at radius 2 is 2.14 bits per heavy atom. The number of carbonyl (C=O) groups is 2. The van der Waals surface area contributed by atoms with Gasteiger partial charge in [0.25, 0.3) is 5.91 Å². The zero-order chi connectivity index (χ0) is 20.0. The third-order valence-electron chi connectivity index (χ3n) is 5.54. The van der Waals surface area contributed by atoms with Crippen LogP contribution in [0.25, 0.3) is 16.9 Å². The molecule has 1 saturated heterocycles. The monoisotopic (exact) mass is 390 g/mol. The van der Waals surface area contributed by atoms with Crippen molar-refractivity contribution in [2.75, 3.05) is 6.54 Å². The SMILES string of the molecule is Cc1nn(-c2ccccn2)c2nc(C3CC3)cc(C(=O)NC3CCC(=O)NC3)c12. The van der Waals surface area contributed by atoms with Gasteiger partial charge in [0.1, 0.15) is 0 Å². The molecule has 2 fully saturated rings. The molecular formula is C21H22N6O2. The third-order valence-corrected chi connectivity index (χ3v) is 5.54. The van der Waals surface area contributed by atoms with Gasteiger partial charge in [0.05, 0.1) is 16.6 Å². The Morgan fingerprint density at radius 1 is 1.28 bits per heavy atom. The number of rotatable bonds is 4. The molecule has 5 rings (SSSR count). The molecule has 0 bridgehead atoms. The van der Waals surface area contributed by atoms with Crippen molar-refractivity contribution >= 4 is 22.8 Å². The summed E-state index contributed by atoms with van der Waals surface area (Å²) < 4.78 is 1.72. The number of aryl methyl sites for hydroxylation is 1. The summed E-state index contributed by atoms with van der Waals surface area (Å²) in [6.45, 7) is 2.35. The van der Waals surface area contributed by atoms with E-state index in [1.807, 2.05) is 31.2 Å². The van der Waals surface area contributed by atoms with Gasteiger partial charge < -0.3 is 10.6 Å². The minimum atomic E-state index is -0.149. The molecule has 8 heteroatoms. The molecule has 1 unspecified atom stereocenters. The second-order valence-electron chi connectivity index (χ2n) is 7.77. The summed E-state index contributed by atoms with van der Waals surface area (Å²) in [7, 11) is 0. The summed E-state index contributed by atoms with van der Waals surface area (Å²) in [6.07, 6.45) is 4.97. The van der Waals surface area contributed by atoms with Gasteiger partial charge in [0.2, 0.25) is 5.91 Å². The van der Waals surface area contributed by atoms with Gasteiger partial charge in [0.15, 0.2) is 11.5 Å². The van der Waals surface area contributed by atoms with Gasteiger partial charge in [-0.25, -0.2) is 9.97 Å². The van der Waals surface area contributed by atoms with Crippen LogP contribution in [0.15, 0.2) is 30.5 Å². The molecule has 1 atom stereocenters. The number of hydrogen-bond acceptors (Lipinski definition) is 5. The van der Waals surface area contributed by atoms with Gasteiger partial charge in [-0.3, -0.25) is 9.59 Å². The average molecular weight is 390 g/mol. The number of amides is 2. The lowest BCUT2D eigenvalue weighted by Gasteiger charge is -2.23. The van der Waals surface area contributed by atoms with Crippen LogP contribution < -0.4 is 10.6 Å². The molecule has 3 aromatic heterocycles. The fourth-order valence-electron chi connectivity index (χ4n) is 3.83. The molecule has 2 N–H and O–H groups in total. The number of hydrogen-bond donors (Lipinski definition) is 2. The van der Waals surface area contributed by atoms with Crippen molar-refractivity contribution in [2.24, 2.45) is 0 Å². The van der Waals surface area contributed by atoms with Gasteiger partial charge in [-0.05, 0) is 44.4 Å². The van der Waals surface area contributed by atoms with Crippen molar-refractivity contribution in [2.45, 2.75) is 44.6 Å². The molecule has 3 aromatic rings. The highest BCUT2D eigenvalue weighted by atomic mass is 16.2. The molecule has 0 aromatic carbocycles. The molecule has 29 heavy (non-hydrogen) atoms. The minimum absolute atomic E-state index is 0.0327. The smallest absolute Gasteiger partial charge is 0.252 e. The van der Waals surface area contributed by atoms with Crippen molar-refractivity contribution in [1.82, 2.24) is 30.4 Å². The summed E-state index contributed by atoms with van der Waals surface area (Å²) in [4.78, 5) is 33.9. The Balaban J connectivity index is 1.58. The second kappa shape index (κ2) is 6.95. The fraction of sp³-hybridized carbons (Fsp3) is 0.381.